The first-order valence-corrected chi connectivity index (χ1v) is 9.42. The normalized spacial score (nSPS) is 15.4. The molecule has 18 heavy (non-hydrogen) atoms. The first-order valence-electron chi connectivity index (χ1n) is 6.46. The molecule has 2 aromatic carbocycles. The van der Waals surface area contributed by atoms with E-state index >= 15 is 0 Å². The molecule has 1 unspecified atom stereocenters. The average Bonchev–Trinajstić information content (AvgIpc) is 2.44. The zero-order chi connectivity index (χ0) is 12.5. The molecule has 1 heterocycles. The predicted octanol–water partition coefficient (Wildman–Crippen LogP) is 3.20. The summed E-state index contributed by atoms with van der Waals surface area (Å²) in [5.41, 5.74) is 0. The molecule has 1 aliphatic rings. The SMILES string of the molecule is CCC(C)[As]1c2ccccc2Oc2ccccc21. The summed E-state index contributed by atoms with van der Waals surface area (Å²) in [6.45, 7) is 4.68. The molecule has 0 aliphatic carbocycles. The van der Waals surface area contributed by atoms with Crippen LogP contribution in [0.1, 0.15) is 20.3 Å². The van der Waals surface area contributed by atoms with Gasteiger partial charge in [0.05, 0.1) is 0 Å². The van der Waals surface area contributed by atoms with Gasteiger partial charge in [-0.2, -0.15) is 0 Å². The Morgan fingerprint density at radius 1 is 0.944 bits per heavy atom. The van der Waals surface area contributed by atoms with Crippen molar-refractivity contribution in [3.05, 3.63) is 48.5 Å². The minimum absolute atomic E-state index is 0.767. The molecular formula is C16H17AsO. The summed E-state index contributed by atoms with van der Waals surface area (Å²) in [6, 6.07) is 17.1. The Morgan fingerprint density at radius 2 is 1.44 bits per heavy atom. The molecule has 0 aromatic heterocycles. The Balaban J connectivity index is 2.17. The number of hydrogen-bond acceptors (Lipinski definition) is 1. The van der Waals surface area contributed by atoms with Gasteiger partial charge in [-0.1, -0.05) is 0 Å². The summed E-state index contributed by atoms with van der Waals surface area (Å²) in [5, 5.41) is 0. The van der Waals surface area contributed by atoms with Gasteiger partial charge in [0.2, 0.25) is 0 Å². The predicted molar refractivity (Wildman–Crippen MR) is 77.7 cm³/mol. The number of benzene rings is 2. The van der Waals surface area contributed by atoms with E-state index in [1.807, 2.05) is 0 Å². The molecule has 0 amide bonds. The third-order valence-corrected chi connectivity index (χ3v) is 9.85. The van der Waals surface area contributed by atoms with E-state index in [2.05, 4.69) is 62.4 Å². The quantitative estimate of drug-likeness (QED) is 0.774. The van der Waals surface area contributed by atoms with Gasteiger partial charge in [-0.05, 0) is 0 Å². The number of ether oxygens (including phenoxy) is 1. The van der Waals surface area contributed by atoms with Crippen LogP contribution in [0.4, 0.5) is 0 Å². The fourth-order valence-corrected chi connectivity index (χ4v) is 8.23. The van der Waals surface area contributed by atoms with E-state index in [-0.39, 0.29) is 0 Å². The molecule has 0 saturated heterocycles. The number of hydrogen-bond donors (Lipinski definition) is 0. The van der Waals surface area contributed by atoms with Gasteiger partial charge < -0.3 is 0 Å². The van der Waals surface area contributed by atoms with Gasteiger partial charge >= 0.3 is 113 Å². The summed E-state index contributed by atoms with van der Waals surface area (Å²) in [7, 11) is 0. The van der Waals surface area contributed by atoms with Gasteiger partial charge in [-0.15, -0.1) is 0 Å². The second-order valence-corrected chi connectivity index (χ2v) is 10.1. The van der Waals surface area contributed by atoms with Gasteiger partial charge in [0.25, 0.3) is 0 Å². The van der Waals surface area contributed by atoms with E-state index in [1.165, 1.54) is 15.1 Å². The Morgan fingerprint density at radius 3 is 1.94 bits per heavy atom. The molecule has 0 fully saturated rings. The zero-order valence-corrected chi connectivity index (χ0v) is 12.6. The summed E-state index contributed by atoms with van der Waals surface area (Å²) in [5.74, 6) is 2.16. The van der Waals surface area contributed by atoms with Crippen molar-refractivity contribution in [3.8, 4) is 11.5 Å². The van der Waals surface area contributed by atoms with Crippen LogP contribution in [-0.4, -0.2) is 14.7 Å². The van der Waals surface area contributed by atoms with E-state index in [1.54, 1.807) is 0 Å². The second kappa shape index (κ2) is 4.82. The summed E-state index contributed by atoms with van der Waals surface area (Å²) in [4.78, 5) is 0. The Hall–Kier alpha value is -1.20. The molecule has 92 valence electrons. The zero-order valence-electron chi connectivity index (χ0n) is 10.8. The second-order valence-electron chi connectivity index (χ2n) is 4.66. The molecular weight excluding hydrogens is 283 g/mol. The molecule has 0 radical (unpaired) electrons. The van der Waals surface area contributed by atoms with Crippen LogP contribution in [-0.2, 0) is 0 Å². The molecule has 1 nitrogen and oxygen atoms in total. The third kappa shape index (κ3) is 1.87. The number of para-hydroxylation sites is 2. The average molecular weight is 300 g/mol. The Labute approximate surface area is 113 Å². The van der Waals surface area contributed by atoms with E-state index in [4.69, 9.17) is 4.74 Å². The molecule has 1 aliphatic heterocycles. The maximum atomic E-state index is 6.04. The molecule has 0 spiro atoms. The molecule has 0 bridgehead atoms. The van der Waals surface area contributed by atoms with Crippen LogP contribution in [0.25, 0.3) is 0 Å². The fraction of sp³-hybridized carbons (Fsp3) is 0.250. The first-order chi connectivity index (χ1) is 8.81. The van der Waals surface area contributed by atoms with E-state index in [0.29, 0.717) is 0 Å². The van der Waals surface area contributed by atoms with Gasteiger partial charge in [0, 0.05) is 0 Å². The monoisotopic (exact) mass is 300 g/mol. The van der Waals surface area contributed by atoms with Gasteiger partial charge in [0.15, 0.2) is 0 Å². The van der Waals surface area contributed by atoms with Gasteiger partial charge in [-0.3, -0.25) is 0 Å². The molecule has 0 N–H and O–H groups in total. The van der Waals surface area contributed by atoms with Crippen molar-refractivity contribution in [1.29, 1.82) is 0 Å². The van der Waals surface area contributed by atoms with Gasteiger partial charge in [-0.25, -0.2) is 0 Å². The Bertz CT molecular complexity index is 519. The standard InChI is InChI=1S/C16H17AsO/c1-3-12(2)17-13-8-4-6-10-15(13)18-16-11-7-5-9-14(16)17/h4-12H,3H2,1-2H3. The first kappa shape index (κ1) is 11.9. The van der Waals surface area contributed by atoms with Crippen molar-refractivity contribution >= 4 is 23.4 Å². The summed E-state index contributed by atoms with van der Waals surface area (Å²) >= 11 is -1.22. The van der Waals surface area contributed by atoms with Crippen molar-refractivity contribution in [3.63, 3.8) is 0 Å². The summed E-state index contributed by atoms with van der Waals surface area (Å²) < 4.78 is 9.75. The number of fused-ring (bicyclic) bond motifs is 2. The number of rotatable bonds is 2. The van der Waals surface area contributed by atoms with Crippen LogP contribution in [0.15, 0.2) is 48.5 Å². The van der Waals surface area contributed by atoms with Crippen molar-refractivity contribution in [1.82, 2.24) is 0 Å². The van der Waals surface area contributed by atoms with Crippen molar-refractivity contribution in [2.75, 3.05) is 0 Å². The third-order valence-electron chi connectivity index (χ3n) is 3.50. The van der Waals surface area contributed by atoms with Crippen LogP contribution >= 0.6 is 0 Å². The molecule has 3 rings (SSSR count). The minimum atomic E-state index is -1.22. The van der Waals surface area contributed by atoms with Gasteiger partial charge in [0.1, 0.15) is 0 Å². The molecule has 1 atom stereocenters. The fourth-order valence-electron chi connectivity index (χ4n) is 2.39. The summed E-state index contributed by atoms with van der Waals surface area (Å²) in [6.07, 6.45) is 1.24. The molecule has 0 saturated carbocycles. The van der Waals surface area contributed by atoms with Crippen LogP contribution in [0.2, 0.25) is 4.71 Å². The van der Waals surface area contributed by atoms with Crippen LogP contribution in [0.5, 0.6) is 11.5 Å². The topological polar surface area (TPSA) is 9.23 Å². The Kier molecular flexibility index (Phi) is 3.18. The van der Waals surface area contributed by atoms with E-state index in [9.17, 15) is 0 Å². The van der Waals surface area contributed by atoms with E-state index < -0.39 is 14.7 Å². The van der Waals surface area contributed by atoms with Crippen molar-refractivity contribution in [2.45, 2.75) is 25.0 Å². The van der Waals surface area contributed by atoms with E-state index in [0.717, 1.165) is 16.2 Å². The van der Waals surface area contributed by atoms with Crippen molar-refractivity contribution < 1.29 is 4.74 Å². The molecule has 2 heteroatoms. The van der Waals surface area contributed by atoms with Crippen LogP contribution in [0.3, 0.4) is 0 Å². The van der Waals surface area contributed by atoms with Crippen molar-refractivity contribution in [2.24, 2.45) is 0 Å². The van der Waals surface area contributed by atoms with Crippen LogP contribution in [0, 0.1) is 0 Å². The molecule has 2 aromatic rings. The van der Waals surface area contributed by atoms with Crippen LogP contribution < -0.4 is 13.4 Å². The maximum absolute atomic E-state index is 6.04.